The zero-order valence-corrected chi connectivity index (χ0v) is 36.9. The van der Waals surface area contributed by atoms with Crippen molar-refractivity contribution in [1.82, 2.24) is 25.2 Å². The number of nitrogens with one attached hydrogen (secondary N) is 2. The largest absolute Gasteiger partial charge is 0.481 e. The van der Waals surface area contributed by atoms with Crippen LogP contribution in [0.15, 0.2) is 60.9 Å². The Morgan fingerprint density at radius 1 is 0.873 bits per heavy atom. The van der Waals surface area contributed by atoms with Crippen LogP contribution in [0.3, 0.4) is 0 Å². The van der Waals surface area contributed by atoms with Crippen molar-refractivity contribution in [3.05, 3.63) is 83.3 Å². The van der Waals surface area contributed by atoms with E-state index in [1.165, 1.54) is 24.1 Å². The number of carbonyl (C=O) groups is 3. The maximum absolute atomic E-state index is 13.2. The van der Waals surface area contributed by atoms with Gasteiger partial charge in [-0.05, 0) is 132 Å². The Morgan fingerprint density at radius 3 is 2.37 bits per heavy atom. The standard InChI is InChI=1S/C48H59N9O6/c1-31-40(28-49-45-43(31)57(25-26-61-45)47(60)63-48(2,3)4)56-24-19-35-27-50-46(52-39(35)30-56)51-36-7-9-37(10-8-36)55-22-15-32(16-23-55)29-54-20-17-34(18-21-54)33-5-11-38(12-6-33)62-41-13-14-42(58)53-44(41)59/h5-12,27-28,32,34,41H,13-26,29-30H2,1-4H3,(H,50,51,52)(H,53,58,59). The summed E-state index contributed by atoms with van der Waals surface area (Å²) in [6.07, 6.45) is 8.93. The number of benzene rings is 2. The predicted molar refractivity (Wildman–Crippen MR) is 241 cm³/mol. The van der Waals surface area contributed by atoms with Gasteiger partial charge in [0.15, 0.2) is 6.10 Å². The Balaban J connectivity index is 0.737. The van der Waals surface area contributed by atoms with Crippen LogP contribution in [-0.4, -0.2) is 102 Å². The molecular formula is C48H59N9O6. The molecule has 15 nitrogen and oxygen atoms in total. The normalized spacial score (nSPS) is 20.1. The number of fused-ring (bicyclic) bond motifs is 2. The molecule has 5 aliphatic heterocycles. The number of anilines is 5. The second kappa shape index (κ2) is 18.0. The highest BCUT2D eigenvalue weighted by molar-refractivity contribution is 6.00. The van der Waals surface area contributed by atoms with Crippen LogP contribution in [0, 0.1) is 12.8 Å². The quantitative estimate of drug-likeness (QED) is 0.168. The SMILES string of the molecule is Cc1c(N2CCc3cnc(Nc4ccc(N5CCC(CN6CCC(c7ccc(OC8CCC(=O)NC8=O)cc7)CC6)CC5)cc4)nc3C2)cnc2c1N(C(=O)OC(C)(C)C)CCO2. The van der Waals surface area contributed by atoms with Gasteiger partial charge < -0.3 is 34.2 Å². The van der Waals surface area contributed by atoms with E-state index in [0.717, 1.165) is 86.7 Å². The van der Waals surface area contributed by atoms with E-state index in [1.807, 2.05) is 52.2 Å². The smallest absolute Gasteiger partial charge is 0.415 e. The summed E-state index contributed by atoms with van der Waals surface area (Å²) in [5, 5.41) is 5.79. The number of nitrogens with zero attached hydrogens (tertiary/aromatic N) is 7. The van der Waals surface area contributed by atoms with Crippen LogP contribution in [-0.2, 0) is 27.3 Å². The van der Waals surface area contributed by atoms with E-state index < -0.39 is 17.8 Å². The highest BCUT2D eigenvalue weighted by atomic mass is 16.6. The molecule has 0 bridgehead atoms. The lowest BCUT2D eigenvalue weighted by atomic mass is 9.88. The summed E-state index contributed by atoms with van der Waals surface area (Å²) in [5.74, 6) is 2.32. The molecule has 7 heterocycles. The average molecular weight is 858 g/mol. The van der Waals surface area contributed by atoms with Crippen LogP contribution >= 0.6 is 0 Å². The molecule has 63 heavy (non-hydrogen) atoms. The number of carbonyl (C=O) groups excluding carboxylic acids is 3. The van der Waals surface area contributed by atoms with Gasteiger partial charge in [0.2, 0.25) is 17.7 Å². The molecule has 9 rings (SSSR count). The molecule has 0 spiro atoms. The second-order valence-corrected chi connectivity index (χ2v) is 18.5. The van der Waals surface area contributed by atoms with Gasteiger partial charge in [-0.3, -0.25) is 19.8 Å². The summed E-state index contributed by atoms with van der Waals surface area (Å²) in [4.78, 5) is 60.1. The van der Waals surface area contributed by atoms with Crippen molar-refractivity contribution >= 4 is 46.6 Å². The Kier molecular flexibility index (Phi) is 12.1. The second-order valence-electron chi connectivity index (χ2n) is 18.5. The van der Waals surface area contributed by atoms with Crippen LogP contribution in [0.4, 0.5) is 33.5 Å². The monoisotopic (exact) mass is 857 g/mol. The van der Waals surface area contributed by atoms with Crippen LogP contribution < -0.4 is 34.8 Å². The first-order valence-electron chi connectivity index (χ1n) is 22.6. The maximum atomic E-state index is 13.2. The number of imide groups is 1. The minimum absolute atomic E-state index is 0.234. The van der Waals surface area contributed by atoms with E-state index in [1.54, 1.807) is 4.90 Å². The third-order valence-electron chi connectivity index (χ3n) is 13.0. The van der Waals surface area contributed by atoms with Gasteiger partial charge in [-0.25, -0.2) is 19.7 Å². The number of piperidine rings is 3. The minimum Gasteiger partial charge on any atom is -0.481 e. The fourth-order valence-electron chi connectivity index (χ4n) is 9.56. The molecule has 4 aromatic rings. The molecule has 0 saturated carbocycles. The number of hydrogen-bond acceptors (Lipinski definition) is 13. The topological polar surface area (TPSA) is 155 Å². The zero-order chi connectivity index (χ0) is 43.7. The van der Waals surface area contributed by atoms with Crippen LogP contribution in [0.2, 0.25) is 0 Å². The average Bonchev–Trinajstić information content (AvgIpc) is 3.28. The number of hydrogen-bond donors (Lipinski definition) is 2. The molecule has 2 N–H and O–H groups in total. The molecule has 1 atom stereocenters. The fourth-order valence-corrected chi connectivity index (χ4v) is 9.56. The molecule has 3 fully saturated rings. The van der Waals surface area contributed by atoms with Crippen molar-refractivity contribution in [2.45, 2.75) is 96.8 Å². The third kappa shape index (κ3) is 9.83. The van der Waals surface area contributed by atoms with Crippen molar-refractivity contribution in [2.75, 3.05) is 72.4 Å². The molecule has 3 saturated heterocycles. The van der Waals surface area contributed by atoms with Crippen molar-refractivity contribution < 1.29 is 28.6 Å². The van der Waals surface area contributed by atoms with Crippen LogP contribution in [0.25, 0.3) is 0 Å². The van der Waals surface area contributed by atoms with Crippen molar-refractivity contribution in [1.29, 1.82) is 0 Å². The summed E-state index contributed by atoms with van der Waals surface area (Å²) >= 11 is 0. The highest BCUT2D eigenvalue weighted by Crippen LogP contribution is 2.40. The molecule has 3 amide bonds. The molecule has 2 aromatic heterocycles. The lowest BCUT2D eigenvalue weighted by Gasteiger charge is -2.38. The number of aromatic nitrogens is 3. The van der Waals surface area contributed by atoms with Crippen molar-refractivity contribution in [2.24, 2.45) is 5.92 Å². The molecular weight excluding hydrogens is 799 g/mol. The van der Waals surface area contributed by atoms with E-state index >= 15 is 0 Å². The lowest BCUT2D eigenvalue weighted by molar-refractivity contribution is -0.138. The Bertz CT molecular complexity index is 2300. The van der Waals surface area contributed by atoms with Crippen molar-refractivity contribution in [3.8, 4) is 11.6 Å². The van der Waals surface area contributed by atoms with Gasteiger partial charge >= 0.3 is 6.09 Å². The number of likely N-dealkylation sites (tertiary alicyclic amines) is 1. The van der Waals surface area contributed by atoms with E-state index in [0.29, 0.717) is 67.6 Å². The van der Waals surface area contributed by atoms with Gasteiger partial charge in [0.25, 0.3) is 5.91 Å². The van der Waals surface area contributed by atoms with Gasteiger partial charge in [0.1, 0.15) is 23.6 Å². The summed E-state index contributed by atoms with van der Waals surface area (Å²) in [6.45, 7) is 15.2. The van der Waals surface area contributed by atoms with E-state index in [4.69, 9.17) is 19.2 Å². The first-order chi connectivity index (χ1) is 30.4. The highest BCUT2D eigenvalue weighted by Gasteiger charge is 2.34. The molecule has 332 valence electrons. The molecule has 2 aromatic carbocycles. The lowest BCUT2D eigenvalue weighted by Crippen LogP contribution is -2.46. The zero-order valence-electron chi connectivity index (χ0n) is 36.9. The Hall–Kier alpha value is -5.96. The summed E-state index contributed by atoms with van der Waals surface area (Å²) in [7, 11) is 0. The third-order valence-corrected chi connectivity index (χ3v) is 13.0. The van der Waals surface area contributed by atoms with Crippen LogP contribution in [0.1, 0.15) is 87.6 Å². The molecule has 0 aliphatic carbocycles. The molecule has 5 aliphatic rings. The molecule has 0 radical (unpaired) electrons. The van der Waals surface area contributed by atoms with E-state index in [9.17, 15) is 14.4 Å². The van der Waals surface area contributed by atoms with Gasteiger partial charge in [0, 0.05) is 62.2 Å². The van der Waals surface area contributed by atoms with E-state index in [-0.39, 0.29) is 11.8 Å². The number of amides is 3. The van der Waals surface area contributed by atoms with Gasteiger partial charge in [-0.2, -0.15) is 0 Å². The molecule has 15 heteroatoms. The predicted octanol–water partition coefficient (Wildman–Crippen LogP) is 6.90. The van der Waals surface area contributed by atoms with Gasteiger partial charge in [-0.1, -0.05) is 12.1 Å². The molecule has 1 unspecified atom stereocenters. The van der Waals surface area contributed by atoms with Crippen molar-refractivity contribution in [3.63, 3.8) is 0 Å². The Morgan fingerprint density at radius 2 is 1.63 bits per heavy atom. The summed E-state index contributed by atoms with van der Waals surface area (Å²) in [5.41, 5.74) is 7.50. The Labute approximate surface area is 369 Å². The number of ether oxygens (including phenoxy) is 3. The number of rotatable bonds is 9. The van der Waals surface area contributed by atoms with Crippen LogP contribution in [0.5, 0.6) is 11.6 Å². The summed E-state index contributed by atoms with van der Waals surface area (Å²) in [6, 6.07) is 16.8. The summed E-state index contributed by atoms with van der Waals surface area (Å²) < 4.78 is 17.5. The van der Waals surface area contributed by atoms with Gasteiger partial charge in [0.05, 0.1) is 30.7 Å². The number of pyridine rings is 1. The van der Waals surface area contributed by atoms with E-state index in [2.05, 4.69) is 71.7 Å². The fraction of sp³-hybridized carbons (Fsp3) is 0.500. The minimum atomic E-state index is -0.614. The van der Waals surface area contributed by atoms with Gasteiger partial charge in [-0.15, -0.1) is 0 Å². The first-order valence-corrected chi connectivity index (χ1v) is 22.6. The maximum Gasteiger partial charge on any atom is 0.415 e. The first kappa shape index (κ1) is 42.3.